The lowest BCUT2D eigenvalue weighted by molar-refractivity contribution is 1.03. The lowest BCUT2D eigenvalue weighted by atomic mass is 9.94. The number of aromatic nitrogens is 3. The van der Waals surface area contributed by atoms with Gasteiger partial charge in [0.2, 0.25) is 0 Å². The monoisotopic (exact) mass is 1380 g/mol. The number of rotatable bonds is 14. The maximum absolute atomic E-state index is 4.49. The predicted molar refractivity (Wildman–Crippen MR) is 458 cm³/mol. The van der Waals surface area contributed by atoms with Crippen LogP contribution in [0.2, 0.25) is 0 Å². The summed E-state index contributed by atoms with van der Waals surface area (Å²) < 4.78 is 7.83. The smallest absolute Gasteiger partial charge is 0.0757 e. The highest BCUT2D eigenvalue weighted by Crippen LogP contribution is 2.51. The van der Waals surface area contributed by atoms with Gasteiger partial charge in [-0.05, 0) is 199 Å². The van der Waals surface area contributed by atoms with Crippen LogP contribution in [0.15, 0.2) is 394 Å². The van der Waals surface area contributed by atoms with Crippen LogP contribution in [-0.4, -0.2) is 13.7 Å². The summed E-state index contributed by atoms with van der Waals surface area (Å²) in [6, 6.07) is 146. The van der Waals surface area contributed by atoms with Crippen LogP contribution in [0.3, 0.4) is 0 Å². The van der Waals surface area contributed by atoms with E-state index >= 15 is 0 Å². The normalized spacial score (nSPS) is 11.6. The Kier molecular flexibility index (Phi) is 15.7. The fourth-order valence-electron chi connectivity index (χ4n) is 16.9. The Morgan fingerprint density at radius 3 is 0.685 bits per heavy atom. The van der Waals surface area contributed by atoms with E-state index in [1.807, 2.05) is 0 Å². The second-order valence-corrected chi connectivity index (χ2v) is 28.5. The first kappa shape index (κ1) is 63.6. The van der Waals surface area contributed by atoms with E-state index in [9.17, 15) is 0 Å². The van der Waals surface area contributed by atoms with Gasteiger partial charge in [0.1, 0.15) is 0 Å². The molecule has 0 unspecified atom stereocenters. The zero-order valence-electron chi connectivity index (χ0n) is 59.9. The van der Waals surface area contributed by atoms with E-state index in [1.54, 1.807) is 0 Å². The minimum atomic E-state index is 0.974. The van der Waals surface area contributed by atoms with Crippen molar-refractivity contribution in [2.75, 3.05) is 5.32 Å². The van der Waals surface area contributed by atoms with Gasteiger partial charge < -0.3 is 19.0 Å². The molecule has 1 N–H and O–H groups in total. The molecule has 0 saturated carbocycles. The summed E-state index contributed by atoms with van der Waals surface area (Å²) >= 11 is 0. The number of hydrogen-bond donors (Lipinski definition) is 1. The van der Waals surface area contributed by atoms with E-state index in [0.717, 1.165) is 172 Å². The Morgan fingerprint density at radius 2 is 0.398 bits per heavy atom. The molecule has 20 aromatic rings. The van der Waals surface area contributed by atoms with Gasteiger partial charge in [-0.1, -0.05) is 303 Å². The number of benzene rings is 17. The molecule has 0 aliphatic carbocycles. The molecule has 3 aromatic heterocycles. The first-order valence-electron chi connectivity index (χ1n) is 37.3. The van der Waals surface area contributed by atoms with Crippen molar-refractivity contribution in [2.45, 2.75) is 13.8 Å². The Bertz CT molecular complexity index is 6550. The van der Waals surface area contributed by atoms with Crippen molar-refractivity contribution < 1.29 is 0 Å². The van der Waals surface area contributed by atoms with E-state index in [0.29, 0.717) is 0 Å². The summed E-state index contributed by atoms with van der Waals surface area (Å²) in [5, 5.41) is 11.5. The molecule has 4 heteroatoms. The molecule has 20 rings (SSSR count). The standard InChI is InChI=1S/C104H72N4/c1-68-101(105-94-53-46-79(71-30-13-4-14-31-71)61-87(94)86-45-27-44-78(60-86)70-28-11-3-12-29-70)102(106-95-54-47-80(72-32-15-5-16-33-72)62-88(95)89-63-81(48-55-96(89)106)73-34-17-6-18-35-73)69(2)104(108-99-58-51-84(76-40-23-9-24-41-76)66-92(99)93-67-85(52-59-100(93)108)77-42-25-10-26-43-77)103(68)107-97-56-49-82(74-36-19-7-20-37-74)64-90(97)91-65-83(50-57-98(91)107)75-38-21-8-22-39-75/h3-67,105H,1-2H3. The lowest BCUT2D eigenvalue weighted by Gasteiger charge is -2.29. The van der Waals surface area contributed by atoms with E-state index in [-0.39, 0.29) is 0 Å². The highest BCUT2D eigenvalue weighted by atomic mass is 15.1. The van der Waals surface area contributed by atoms with Gasteiger partial charge in [0.15, 0.2) is 0 Å². The lowest BCUT2D eigenvalue weighted by Crippen LogP contribution is -2.14. The highest BCUT2D eigenvalue weighted by molar-refractivity contribution is 6.17. The minimum Gasteiger partial charge on any atom is -0.353 e. The van der Waals surface area contributed by atoms with E-state index < -0.39 is 0 Å². The summed E-state index contributed by atoms with van der Waals surface area (Å²) in [5.41, 5.74) is 34.5. The molecule has 0 atom stereocenters. The molecule has 0 saturated heterocycles. The van der Waals surface area contributed by atoms with Crippen molar-refractivity contribution in [3.8, 4) is 117 Å². The van der Waals surface area contributed by atoms with Crippen LogP contribution in [-0.2, 0) is 0 Å². The number of nitrogens with one attached hydrogen (secondary N) is 1. The van der Waals surface area contributed by atoms with Gasteiger partial charge in [-0.25, -0.2) is 0 Å². The molecule has 0 radical (unpaired) electrons. The van der Waals surface area contributed by atoms with Gasteiger partial charge in [-0.2, -0.15) is 0 Å². The summed E-state index contributed by atoms with van der Waals surface area (Å²) in [7, 11) is 0. The van der Waals surface area contributed by atoms with Crippen LogP contribution < -0.4 is 5.32 Å². The number of fused-ring (bicyclic) bond motifs is 9. The molecule has 0 bridgehead atoms. The Hall–Kier alpha value is -14.1. The third-order valence-electron chi connectivity index (χ3n) is 22.2. The van der Waals surface area contributed by atoms with Crippen molar-refractivity contribution in [1.29, 1.82) is 0 Å². The number of hydrogen-bond acceptors (Lipinski definition) is 1. The second-order valence-electron chi connectivity index (χ2n) is 28.5. The second kappa shape index (κ2) is 26.6. The topological polar surface area (TPSA) is 26.8 Å². The molecule has 0 aliphatic rings. The molecule has 108 heavy (non-hydrogen) atoms. The maximum Gasteiger partial charge on any atom is 0.0757 e. The maximum atomic E-state index is 4.49. The van der Waals surface area contributed by atoms with Gasteiger partial charge in [0, 0.05) is 54.7 Å². The third kappa shape index (κ3) is 11.0. The van der Waals surface area contributed by atoms with Crippen molar-refractivity contribution in [3.63, 3.8) is 0 Å². The van der Waals surface area contributed by atoms with E-state index in [2.05, 4.69) is 427 Å². The number of nitrogens with zero attached hydrogens (tertiary/aromatic N) is 3. The Morgan fingerprint density at radius 1 is 0.176 bits per heavy atom. The molecule has 0 amide bonds. The predicted octanol–water partition coefficient (Wildman–Crippen LogP) is 28.3. The van der Waals surface area contributed by atoms with Crippen molar-refractivity contribution in [3.05, 3.63) is 405 Å². The van der Waals surface area contributed by atoms with Crippen LogP contribution >= 0.6 is 0 Å². The molecular formula is C104H72N4. The molecule has 0 fully saturated rings. The molecule has 508 valence electrons. The summed E-state index contributed by atoms with van der Waals surface area (Å²) in [6.45, 7) is 4.79. The zero-order chi connectivity index (χ0) is 71.8. The van der Waals surface area contributed by atoms with E-state index in [1.165, 1.54) is 33.4 Å². The quantitative estimate of drug-likeness (QED) is 0.115. The minimum absolute atomic E-state index is 0.974. The summed E-state index contributed by atoms with van der Waals surface area (Å²) in [5.74, 6) is 0. The molecule has 3 heterocycles. The number of anilines is 2. The van der Waals surface area contributed by atoms with Crippen LogP contribution in [0.1, 0.15) is 11.1 Å². The van der Waals surface area contributed by atoms with Crippen LogP contribution in [0.4, 0.5) is 11.4 Å². The molecular weight excluding hydrogens is 1310 g/mol. The molecule has 0 spiro atoms. The average Bonchev–Trinajstić information content (AvgIpc) is 1.51. The average molecular weight is 1380 g/mol. The largest absolute Gasteiger partial charge is 0.353 e. The molecule has 0 aliphatic heterocycles. The first-order chi connectivity index (χ1) is 53.4. The Labute approximate surface area is 628 Å². The van der Waals surface area contributed by atoms with Crippen molar-refractivity contribution in [1.82, 2.24) is 13.7 Å². The molecule has 4 nitrogen and oxygen atoms in total. The van der Waals surface area contributed by atoms with Crippen molar-refractivity contribution in [2.24, 2.45) is 0 Å². The Balaban J connectivity index is 0.965. The third-order valence-corrected chi connectivity index (χ3v) is 22.2. The molecule has 17 aromatic carbocycles. The highest BCUT2D eigenvalue weighted by Gasteiger charge is 2.31. The van der Waals surface area contributed by atoms with Gasteiger partial charge in [0.05, 0.1) is 55.8 Å². The van der Waals surface area contributed by atoms with Crippen LogP contribution in [0, 0.1) is 13.8 Å². The fraction of sp³-hybridized carbons (Fsp3) is 0.0192. The zero-order valence-corrected chi connectivity index (χ0v) is 59.9. The van der Waals surface area contributed by atoms with Gasteiger partial charge in [-0.15, -0.1) is 0 Å². The van der Waals surface area contributed by atoms with Crippen LogP contribution in [0.25, 0.3) is 183 Å². The van der Waals surface area contributed by atoms with Crippen LogP contribution in [0.5, 0.6) is 0 Å². The van der Waals surface area contributed by atoms with Gasteiger partial charge in [-0.3, -0.25) is 0 Å². The SMILES string of the molecule is Cc1c(Nc2ccc(-c3ccccc3)cc2-c2cccc(-c3ccccc3)c2)c(-n2c3ccc(-c4ccccc4)cc3c3cc(-c4ccccc4)ccc32)c(C)c(-n2c3ccc(-c4ccccc4)cc3c3cc(-c4ccccc4)ccc32)c1-n1c2ccc(-c3ccccc3)cc2c2cc(-c3ccccc3)ccc21. The van der Waals surface area contributed by atoms with E-state index in [4.69, 9.17) is 0 Å². The van der Waals surface area contributed by atoms with Gasteiger partial charge in [0.25, 0.3) is 0 Å². The fourth-order valence-corrected chi connectivity index (χ4v) is 16.9. The van der Waals surface area contributed by atoms with Gasteiger partial charge >= 0.3 is 0 Å². The summed E-state index contributed by atoms with van der Waals surface area (Å²) in [4.78, 5) is 0. The van der Waals surface area contributed by atoms with Crippen molar-refractivity contribution >= 4 is 76.8 Å². The first-order valence-corrected chi connectivity index (χ1v) is 37.3. The summed E-state index contributed by atoms with van der Waals surface area (Å²) in [6.07, 6.45) is 0.